The minimum Gasteiger partial charge on any atom is -0.497 e. The van der Waals surface area contributed by atoms with Gasteiger partial charge in [0, 0.05) is 24.3 Å². The summed E-state index contributed by atoms with van der Waals surface area (Å²) >= 11 is 0. The van der Waals surface area contributed by atoms with Crippen molar-refractivity contribution in [1.82, 2.24) is 4.31 Å². The summed E-state index contributed by atoms with van der Waals surface area (Å²) in [6, 6.07) is 11.1. The third kappa shape index (κ3) is 4.54. The van der Waals surface area contributed by atoms with Crippen molar-refractivity contribution in [3.63, 3.8) is 0 Å². The summed E-state index contributed by atoms with van der Waals surface area (Å²) in [5.41, 5.74) is 0.852. The zero-order valence-electron chi connectivity index (χ0n) is 16.8. The average molecular weight is 419 g/mol. The van der Waals surface area contributed by atoms with E-state index in [9.17, 15) is 13.2 Å². The van der Waals surface area contributed by atoms with Gasteiger partial charge in [-0.1, -0.05) is 6.42 Å². The Morgan fingerprint density at radius 3 is 2.41 bits per heavy atom. The Hall–Kier alpha value is -2.58. The van der Waals surface area contributed by atoms with E-state index >= 15 is 0 Å². The highest BCUT2D eigenvalue weighted by atomic mass is 32.2. The van der Waals surface area contributed by atoms with Gasteiger partial charge < -0.3 is 14.8 Å². The van der Waals surface area contributed by atoms with Gasteiger partial charge in [0.05, 0.1) is 24.7 Å². The van der Waals surface area contributed by atoms with Crippen LogP contribution in [0, 0.1) is 0 Å². The van der Waals surface area contributed by atoms with E-state index < -0.39 is 10.0 Å². The predicted octanol–water partition coefficient (Wildman–Crippen LogP) is 3.52. The van der Waals surface area contributed by atoms with Crippen molar-refractivity contribution in [2.24, 2.45) is 0 Å². The van der Waals surface area contributed by atoms with Crippen LogP contribution in [-0.2, 0) is 10.0 Å². The second kappa shape index (κ2) is 8.84. The van der Waals surface area contributed by atoms with Gasteiger partial charge in [0.1, 0.15) is 11.5 Å². The Morgan fingerprint density at radius 1 is 1.07 bits per heavy atom. The number of methoxy groups -OCH3 is 2. The molecule has 7 nitrogen and oxygen atoms in total. The summed E-state index contributed by atoms with van der Waals surface area (Å²) in [5.74, 6) is 0.616. The van der Waals surface area contributed by atoms with Gasteiger partial charge in [-0.15, -0.1) is 0 Å². The quantitative estimate of drug-likeness (QED) is 0.776. The largest absolute Gasteiger partial charge is 0.497 e. The number of benzene rings is 2. The van der Waals surface area contributed by atoms with Gasteiger partial charge in [0.25, 0.3) is 5.91 Å². The van der Waals surface area contributed by atoms with Gasteiger partial charge in [-0.25, -0.2) is 8.42 Å². The third-order valence-electron chi connectivity index (χ3n) is 5.11. The van der Waals surface area contributed by atoms with E-state index in [0.717, 1.165) is 19.3 Å². The van der Waals surface area contributed by atoms with Gasteiger partial charge in [0.15, 0.2) is 0 Å². The van der Waals surface area contributed by atoms with Gasteiger partial charge in [-0.3, -0.25) is 4.79 Å². The van der Waals surface area contributed by atoms with Crippen LogP contribution < -0.4 is 14.8 Å². The maximum Gasteiger partial charge on any atom is 0.259 e. The molecule has 0 unspecified atom stereocenters. The number of sulfonamides is 1. The second-order valence-corrected chi connectivity index (χ2v) is 8.90. The van der Waals surface area contributed by atoms with E-state index in [2.05, 4.69) is 5.32 Å². The Morgan fingerprint density at radius 2 is 1.79 bits per heavy atom. The number of carbonyl (C=O) groups excluding carboxylic acids is 1. The number of hydrogen-bond acceptors (Lipinski definition) is 5. The monoisotopic (exact) mass is 418 g/mol. The molecule has 1 aliphatic heterocycles. The van der Waals surface area contributed by atoms with Crippen LogP contribution in [0.3, 0.4) is 0 Å². The molecule has 2 aromatic rings. The van der Waals surface area contributed by atoms with Gasteiger partial charge in [0.2, 0.25) is 10.0 Å². The van der Waals surface area contributed by atoms with Crippen molar-refractivity contribution >= 4 is 21.6 Å². The first-order valence-corrected chi connectivity index (χ1v) is 11.0. The summed E-state index contributed by atoms with van der Waals surface area (Å²) in [4.78, 5) is 12.8. The van der Waals surface area contributed by atoms with Crippen LogP contribution in [0.25, 0.3) is 0 Å². The molecule has 3 rings (SSSR count). The molecule has 2 aromatic carbocycles. The number of ether oxygens (including phenoxy) is 2. The summed E-state index contributed by atoms with van der Waals surface area (Å²) in [6.07, 6.45) is 2.80. The van der Waals surface area contributed by atoms with Crippen LogP contribution in [-0.4, -0.2) is 45.4 Å². The minimum absolute atomic E-state index is 0.00401. The molecule has 0 bridgehead atoms. The molecule has 0 saturated carbocycles. The van der Waals surface area contributed by atoms with Crippen LogP contribution in [0.15, 0.2) is 47.4 Å². The number of carbonyl (C=O) groups is 1. The smallest absolute Gasteiger partial charge is 0.259 e. The third-order valence-corrected chi connectivity index (χ3v) is 7.14. The predicted molar refractivity (Wildman–Crippen MR) is 111 cm³/mol. The van der Waals surface area contributed by atoms with E-state index in [-0.39, 0.29) is 16.8 Å². The van der Waals surface area contributed by atoms with Crippen LogP contribution in [0.4, 0.5) is 5.69 Å². The lowest BCUT2D eigenvalue weighted by molar-refractivity contribution is 0.102. The highest BCUT2D eigenvalue weighted by molar-refractivity contribution is 7.89. The lowest BCUT2D eigenvalue weighted by atomic mass is 10.1. The van der Waals surface area contributed by atoms with E-state index in [4.69, 9.17) is 9.47 Å². The maximum atomic E-state index is 12.9. The highest BCUT2D eigenvalue weighted by Gasteiger charge is 2.30. The molecule has 156 valence electrons. The van der Waals surface area contributed by atoms with Crippen molar-refractivity contribution in [2.75, 3.05) is 26.1 Å². The first-order valence-electron chi connectivity index (χ1n) is 9.52. The Balaban J connectivity index is 1.76. The molecular weight excluding hydrogens is 392 g/mol. The zero-order valence-corrected chi connectivity index (χ0v) is 17.7. The molecule has 1 fully saturated rings. The highest BCUT2D eigenvalue weighted by Crippen LogP contribution is 2.27. The molecule has 1 atom stereocenters. The fourth-order valence-electron chi connectivity index (χ4n) is 3.46. The fraction of sp³-hybridized carbons (Fsp3) is 0.381. The zero-order chi connectivity index (χ0) is 21.0. The fourth-order valence-corrected chi connectivity index (χ4v) is 5.16. The molecule has 8 heteroatoms. The number of piperidine rings is 1. The normalized spacial score (nSPS) is 17.6. The molecule has 1 amide bonds. The first kappa shape index (κ1) is 21.1. The molecule has 0 spiro atoms. The number of rotatable bonds is 6. The summed E-state index contributed by atoms with van der Waals surface area (Å²) in [5, 5.41) is 2.77. The molecule has 1 N–H and O–H groups in total. The number of nitrogens with one attached hydrogen (secondary N) is 1. The van der Waals surface area contributed by atoms with Crippen molar-refractivity contribution < 1.29 is 22.7 Å². The number of anilines is 1. The second-order valence-electron chi connectivity index (χ2n) is 7.01. The van der Waals surface area contributed by atoms with E-state index in [1.807, 2.05) is 6.92 Å². The first-order chi connectivity index (χ1) is 13.9. The topological polar surface area (TPSA) is 84.9 Å². The van der Waals surface area contributed by atoms with Crippen molar-refractivity contribution in [2.45, 2.75) is 37.1 Å². The van der Waals surface area contributed by atoms with E-state index in [0.29, 0.717) is 29.3 Å². The Labute approximate surface area is 171 Å². The molecule has 29 heavy (non-hydrogen) atoms. The molecule has 1 aliphatic rings. The lowest BCUT2D eigenvalue weighted by Gasteiger charge is -2.32. The van der Waals surface area contributed by atoms with Crippen molar-refractivity contribution in [3.05, 3.63) is 48.0 Å². The van der Waals surface area contributed by atoms with Crippen molar-refractivity contribution in [3.8, 4) is 11.5 Å². The summed E-state index contributed by atoms with van der Waals surface area (Å²) in [7, 11) is -0.525. The van der Waals surface area contributed by atoms with E-state index in [1.165, 1.54) is 26.4 Å². The van der Waals surface area contributed by atoms with Crippen LogP contribution in [0.1, 0.15) is 36.5 Å². The number of amides is 1. The van der Waals surface area contributed by atoms with Crippen molar-refractivity contribution in [1.29, 1.82) is 0 Å². The van der Waals surface area contributed by atoms with Crippen LogP contribution >= 0.6 is 0 Å². The van der Waals surface area contributed by atoms with Crippen LogP contribution in [0.2, 0.25) is 0 Å². The number of nitrogens with zero attached hydrogens (tertiary/aromatic N) is 1. The average Bonchev–Trinajstić information content (AvgIpc) is 2.73. The Bertz CT molecular complexity index is 973. The number of hydrogen-bond donors (Lipinski definition) is 1. The van der Waals surface area contributed by atoms with Crippen LogP contribution in [0.5, 0.6) is 11.5 Å². The molecule has 1 heterocycles. The molecule has 0 aliphatic carbocycles. The maximum absolute atomic E-state index is 12.9. The summed E-state index contributed by atoms with van der Waals surface area (Å²) in [6.45, 7) is 2.48. The van der Waals surface area contributed by atoms with Gasteiger partial charge in [-0.2, -0.15) is 4.31 Å². The minimum atomic E-state index is -3.54. The van der Waals surface area contributed by atoms with Gasteiger partial charge in [-0.05, 0) is 56.2 Å². The molecule has 0 radical (unpaired) electrons. The Kier molecular flexibility index (Phi) is 6.44. The molecule has 0 aromatic heterocycles. The molecular formula is C21H26N2O5S. The van der Waals surface area contributed by atoms with Gasteiger partial charge >= 0.3 is 0 Å². The summed E-state index contributed by atoms with van der Waals surface area (Å²) < 4.78 is 37.8. The standard InChI is InChI=1S/C21H26N2O5S/c1-15-6-4-5-13-23(15)29(25,26)18-10-7-16(8-11-18)22-21(24)19-12-9-17(27-2)14-20(19)28-3/h7-12,14-15H,4-6,13H2,1-3H3,(H,22,24)/t15-/m0/s1. The van der Waals surface area contributed by atoms with E-state index in [1.54, 1.807) is 34.6 Å². The SMILES string of the molecule is COc1ccc(C(=O)Nc2ccc(S(=O)(=O)N3CCCC[C@@H]3C)cc2)c(OC)c1. The molecule has 1 saturated heterocycles. The lowest BCUT2D eigenvalue weighted by Crippen LogP contribution is -2.41.